The highest BCUT2D eigenvalue weighted by Crippen LogP contribution is 2.30. The predicted molar refractivity (Wildman–Crippen MR) is 82.5 cm³/mol. The van der Waals surface area contributed by atoms with Gasteiger partial charge < -0.3 is 14.8 Å². The number of carbonyl (C=O) groups excluding carboxylic acids is 1. The van der Waals surface area contributed by atoms with E-state index in [0.717, 1.165) is 0 Å². The van der Waals surface area contributed by atoms with E-state index < -0.39 is 6.10 Å². The Balaban J connectivity index is 1.45. The van der Waals surface area contributed by atoms with Crippen molar-refractivity contribution in [2.75, 3.05) is 13.2 Å². The number of ether oxygens (including phenoxy) is 2. The standard InChI is InChI=1S/C16H17N3O4/c20-15-7-3-9-18-19(15)10-4-8-17-16(21)14-11-22-12-5-1-2-6-13(12)23-14/h1-3,5-7,9,14H,4,8,10-11H2,(H,17,21)/t14-/m0/s1. The Bertz CT molecular complexity index is 744. The first-order valence-electron chi connectivity index (χ1n) is 7.42. The fraction of sp³-hybridized carbons (Fsp3) is 0.312. The SMILES string of the molecule is O=C(NCCCn1ncccc1=O)[C@@H]1COc2ccccc2O1. The number of aryl methyl sites for hydroxylation is 1. The van der Waals surface area contributed by atoms with E-state index in [4.69, 9.17) is 9.47 Å². The molecule has 1 aliphatic heterocycles. The van der Waals surface area contributed by atoms with E-state index >= 15 is 0 Å². The lowest BCUT2D eigenvalue weighted by atomic mass is 10.2. The van der Waals surface area contributed by atoms with Crippen molar-refractivity contribution in [3.63, 3.8) is 0 Å². The van der Waals surface area contributed by atoms with Gasteiger partial charge in [0.25, 0.3) is 11.5 Å². The second-order valence-electron chi connectivity index (χ2n) is 5.09. The number of fused-ring (bicyclic) bond motifs is 1. The Kier molecular flexibility index (Phi) is 4.56. The molecule has 0 spiro atoms. The molecule has 1 aromatic heterocycles. The highest BCUT2D eigenvalue weighted by atomic mass is 16.6. The topological polar surface area (TPSA) is 82.5 Å². The molecule has 3 rings (SSSR count). The van der Waals surface area contributed by atoms with Gasteiger partial charge in [-0.3, -0.25) is 9.59 Å². The average molecular weight is 315 g/mol. The maximum Gasteiger partial charge on any atom is 0.266 e. The van der Waals surface area contributed by atoms with E-state index in [2.05, 4.69) is 10.4 Å². The number of rotatable bonds is 5. The summed E-state index contributed by atoms with van der Waals surface area (Å²) < 4.78 is 12.5. The summed E-state index contributed by atoms with van der Waals surface area (Å²) in [5.41, 5.74) is -0.153. The Labute approximate surface area is 132 Å². The van der Waals surface area contributed by atoms with E-state index in [0.29, 0.717) is 31.0 Å². The van der Waals surface area contributed by atoms with Crippen molar-refractivity contribution >= 4 is 5.91 Å². The number of nitrogens with zero attached hydrogens (tertiary/aromatic N) is 2. The Morgan fingerprint density at radius 2 is 2.09 bits per heavy atom. The second kappa shape index (κ2) is 6.95. The monoisotopic (exact) mass is 315 g/mol. The molecule has 1 atom stereocenters. The summed E-state index contributed by atoms with van der Waals surface area (Å²) in [5.74, 6) is 0.984. The normalized spacial score (nSPS) is 15.9. The zero-order valence-electron chi connectivity index (χ0n) is 12.5. The van der Waals surface area contributed by atoms with Gasteiger partial charge in [0.2, 0.25) is 6.10 Å². The van der Waals surface area contributed by atoms with Crippen LogP contribution in [0.3, 0.4) is 0 Å². The first-order chi connectivity index (χ1) is 11.2. The molecular weight excluding hydrogens is 298 g/mol. The molecule has 0 bridgehead atoms. The molecule has 0 saturated carbocycles. The van der Waals surface area contributed by atoms with Crippen LogP contribution in [0.2, 0.25) is 0 Å². The summed E-state index contributed by atoms with van der Waals surface area (Å²) in [4.78, 5) is 23.6. The molecule has 0 saturated heterocycles. The maximum absolute atomic E-state index is 12.1. The molecule has 2 heterocycles. The quantitative estimate of drug-likeness (QED) is 0.817. The molecule has 1 amide bonds. The van der Waals surface area contributed by atoms with Crippen molar-refractivity contribution in [2.45, 2.75) is 19.1 Å². The molecule has 1 aliphatic rings. The van der Waals surface area contributed by atoms with E-state index in [-0.39, 0.29) is 18.1 Å². The van der Waals surface area contributed by atoms with Crippen LogP contribution in [0, 0.1) is 0 Å². The molecule has 2 aromatic rings. The molecule has 23 heavy (non-hydrogen) atoms. The Morgan fingerprint density at radius 1 is 1.26 bits per heavy atom. The van der Waals surface area contributed by atoms with Crippen molar-refractivity contribution in [1.82, 2.24) is 15.1 Å². The molecule has 120 valence electrons. The van der Waals surface area contributed by atoms with E-state index in [1.54, 1.807) is 24.4 Å². The second-order valence-corrected chi connectivity index (χ2v) is 5.09. The molecule has 1 N–H and O–H groups in total. The summed E-state index contributed by atoms with van der Waals surface area (Å²) in [7, 11) is 0. The van der Waals surface area contributed by atoms with Crippen molar-refractivity contribution in [3.8, 4) is 11.5 Å². The summed E-state index contributed by atoms with van der Waals surface area (Å²) >= 11 is 0. The van der Waals surface area contributed by atoms with E-state index in [1.165, 1.54) is 10.7 Å². The van der Waals surface area contributed by atoms with Gasteiger partial charge in [-0.25, -0.2) is 4.68 Å². The minimum absolute atomic E-state index is 0.153. The van der Waals surface area contributed by atoms with Crippen LogP contribution in [0.25, 0.3) is 0 Å². The lowest BCUT2D eigenvalue weighted by Crippen LogP contribution is -2.44. The van der Waals surface area contributed by atoms with Gasteiger partial charge >= 0.3 is 0 Å². The number of benzene rings is 1. The molecule has 0 fully saturated rings. The van der Waals surface area contributed by atoms with Crippen LogP contribution in [-0.2, 0) is 11.3 Å². The van der Waals surface area contributed by atoms with Gasteiger partial charge in [-0.05, 0) is 24.6 Å². The largest absolute Gasteiger partial charge is 0.485 e. The third kappa shape index (κ3) is 3.68. The highest BCUT2D eigenvalue weighted by molar-refractivity contribution is 5.81. The first kappa shape index (κ1) is 15.1. The number of nitrogens with one attached hydrogen (secondary N) is 1. The van der Waals surface area contributed by atoms with Gasteiger partial charge in [0.1, 0.15) is 6.61 Å². The zero-order chi connectivity index (χ0) is 16.1. The van der Waals surface area contributed by atoms with E-state index in [1.807, 2.05) is 12.1 Å². The molecular formula is C16H17N3O4. The van der Waals surface area contributed by atoms with Crippen LogP contribution in [0.1, 0.15) is 6.42 Å². The molecule has 1 aromatic carbocycles. The first-order valence-corrected chi connectivity index (χ1v) is 7.42. The summed E-state index contributed by atoms with van der Waals surface area (Å²) in [6.07, 6.45) is 1.50. The number of para-hydroxylation sites is 2. The van der Waals surface area contributed by atoms with Crippen LogP contribution in [0.15, 0.2) is 47.4 Å². The number of carbonyl (C=O) groups is 1. The Morgan fingerprint density at radius 3 is 2.91 bits per heavy atom. The number of hydrogen-bond acceptors (Lipinski definition) is 5. The van der Waals surface area contributed by atoms with Crippen molar-refractivity contribution in [2.24, 2.45) is 0 Å². The van der Waals surface area contributed by atoms with Gasteiger partial charge in [0.05, 0.1) is 0 Å². The lowest BCUT2D eigenvalue weighted by Gasteiger charge is -2.25. The minimum atomic E-state index is -0.664. The van der Waals surface area contributed by atoms with E-state index in [9.17, 15) is 9.59 Å². The number of amides is 1. The average Bonchev–Trinajstić information content (AvgIpc) is 2.59. The van der Waals surface area contributed by atoms with Gasteiger partial charge in [-0.1, -0.05) is 12.1 Å². The van der Waals surface area contributed by atoms with Gasteiger partial charge in [-0.15, -0.1) is 0 Å². The molecule has 0 radical (unpaired) electrons. The van der Waals surface area contributed by atoms with Crippen LogP contribution in [0.4, 0.5) is 0 Å². The molecule has 7 heteroatoms. The molecule has 0 unspecified atom stereocenters. The Hall–Kier alpha value is -2.83. The smallest absolute Gasteiger partial charge is 0.266 e. The lowest BCUT2D eigenvalue weighted by molar-refractivity contribution is -0.130. The fourth-order valence-electron chi connectivity index (χ4n) is 2.26. The summed E-state index contributed by atoms with van der Waals surface area (Å²) in [6.45, 7) is 1.07. The third-order valence-electron chi connectivity index (χ3n) is 3.43. The van der Waals surface area contributed by atoms with Crippen LogP contribution in [0.5, 0.6) is 11.5 Å². The van der Waals surface area contributed by atoms with Crippen molar-refractivity contribution in [1.29, 1.82) is 0 Å². The number of aromatic nitrogens is 2. The minimum Gasteiger partial charge on any atom is -0.485 e. The fourth-order valence-corrected chi connectivity index (χ4v) is 2.26. The summed E-state index contributed by atoms with van der Waals surface area (Å²) in [6, 6.07) is 10.3. The van der Waals surface area contributed by atoms with Crippen molar-refractivity contribution < 1.29 is 14.3 Å². The molecule has 7 nitrogen and oxygen atoms in total. The predicted octanol–water partition coefficient (Wildman–Crippen LogP) is 0.590. The maximum atomic E-state index is 12.1. The highest BCUT2D eigenvalue weighted by Gasteiger charge is 2.26. The van der Waals surface area contributed by atoms with Gasteiger partial charge in [0, 0.05) is 25.4 Å². The van der Waals surface area contributed by atoms with Gasteiger partial charge in [0.15, 0.2) is 11.5 Å². The van der Waals surface area contributed by atoms with Crippen LogP contribution >= 0.6 is 0 Å². The zero-order valence-corrected chi connectivity index (χ0v) is 12.5. The third-order valence-corrected chi connectivity index (χ3v) is 3.43. The number of hydrogen-bond donors (Lipinski definition) is 1. The van der Waals surface area contributed by atoms with Crippen molar-refractivity contribution in [3.05, 3.63) is 52.9 Å². The van der Waals surface area contributed by atoms with Crippen LogP contribution < -0.4 is 20.3 Å². The van der Waals surface area contributed by atoms with Gasteiger partial charge in [-0.2, -0.15) is 5.10 Å². The summed E-state index contributed by atoms with van der Waals surface area (Å²) in [5, 5.41) is 6.74. The molecule has 0 aliphatic carbocycles. The van der Waals surface area contributed by atoms with Crippen LogP contribution in [-0.4, -0.2) is 34.9 Å².